The summed E-state index contributed by atoms with van der Waals surface area (Å²) < 4.78 is 5.07. The topological polar surface area (TPSA) is 50.4 Å². The second kappa shape index (κ2) is 7.89. The Morgan fingerprint density at radius 1 is 1.37 bits per heavy atom. The zero-order chi connectivity index (χ0) is 14.3. The minimum atomic E-state index is -0.0133. The van der Waals surface area contributed by atoms with Gasteiger partial charge in [-0.25, -0.2) is 0 Å². The lowest BCUT2D eigenvalue weighted by molar-refractivity contribution is -0.120. The highest BCUT2D eigenvalue weighted by Crippen LogP contribution is 2.26. The van der Waals surface area contributed by atoms with Crippen molar-refractivity contribution in [3.05, 3.63) is 23.2 Å². The second-order valence-corrected chi connectivity index (χ2v) is 4.69. The van der Waals surface area contributed by atoms with Gasteiger partial charge in [0.2, 0.25) is 5.91 Å². The number of benzene rings is 1. The zero-order valence-corrected chi connectivity index (χ0v) is 12.4. The van der Waals surface area contributed by atoms with Crippen LogP contribution in [0.2, 0.25) is 5.02 Å². The first kappa shape index (κ1) is 15.6. The molecule has 0 radical (unpaired) electrons. The van der Waals surface area contributed by atoms with Crippen molar-refractivity contribution in [2.45, 2.75) is 32.7 Å². The molecule has 1 rings (SSSR count). The highest BCUT2D eigenvalue weighted by atomic mass is 35.5. The van der Waals surface area contributed by atoms with E-state index in [9.17, 15) is 4.79 Å². The van der Waals surface area contributed by atoms with Crippen LogP contribution >= 0.6 is 11.6 Å². The third kappa shape index (κ3) is 4.99. The zero-order valence-electron chi connectivity index (χ0n) is 11.6. The Labute approximate surface area is 119 Å². The van der Waals surface area contributed by atoms with Gasteiger partial charge in [-0.3, -0.25) is 4.79 Å². The lowest BCUT2D eigenvalue weighted by Gasteiger charge is -2.15. The van der Waals surface area contributed by atoms with E-state index in [1.807, 2.05) is 6.07 Å². The lowest BCUT2D eigenvalue weighted by atomic mass is 10.2. The molecule has 0 saturated carbocycles. The summed E-state index contributed by atoms with van der Waals surface area (Å²) in [6.07, 6.45) is 1.88. The molecule has 0 aliphatic rings. The van der Waals surface area contributed by atoms with Gasteiger partial charge in [0.1, 0.15) is 5.75 Å². The Kier molecular flexibility index (Phi) is 6.50. The Balaban J connectivity index is 2.48. The Hall–Kier alpha value is -1.42. The van der Waals surface area contributed by atoms with Gasteiger partial charge in [0.25, 0.3) is 0 Å². The molecule has 0 atom stereocenters. The SMILES string of the molecule is CCC(CC)NC(=O)CNc1ccc(OC)c(Cl)c1. The molecule has 4 nitrogen and oxygen atoms in total. The number of carbonyl (C=O) groups excluding carboxylic acids is 1. The molecule has 0 bridgehead atoms. The van der Waals surface area contributed by atoms with Crippen molar-refractivity contribution in [1.82, 2.24) is 5.32 Å². The first-order chi connectivity index (χ1) is 9.10. The van der Waals surface area contributed by atoms with Crippen molar-refractivity contribution in [2.75, 3.05) is 19.0 Å². The monoisotopic (exact) mass is 284 g/mol. The van der Waals surface area contributed by atoms with Crippen molar-refractivity contribution in [1.29, 1.82) is 0 Å². The average Bonchev–Trinajstić information content (AvgIpc) is 2.42. The van der Waals surface area contributed by atoms with Crippen LogP contribution in [-0.2, 0) is 4.79 Å². The van der Waals surface area contributed by atoms with Crippen LogP contribution in [0.15, 0.2) is 18.2 Å². The van der Waals surface area contributed by atoms with Crippen molar-refractivity contribution in [3.63, 3.8) is 0 Å². The summed E-state index contributed by atoms with van der Waals surface area (Å²) in [6.45, 7) is 4.36. The predicted octanol–water partition coefficient (Wildman–Crippen LogP) is 3.07. The fourth-order valence-electron chi connectivity index (χ4n) is 1.73. The largest absolute Gasteiger partial charge is 0.495 e. The molecule has 0 aliphatic heterocycles. The molecule has 0 unspecified atom stereocenters. The van der Waals surface area contributed by atoms with E-state index in [1.54, 1.807) is 19.2 Å². The molecule has 5 heteroatoms. The molecule has 0 aromatic heterocycles. The van der Waals surface area contributed by atoms with Gasteiger partial charge in [0.15, 0.2) is 0 Å². The Morgan fingerprint density at radius 2 is 2.05 bits per heavy atom. The number of ether oxygens (including phenoxy) is 1. The molecule has 0 spiro atoms. The normalized spacial score (nSPS) is 10.4. The Morgan fingerprint density at radius 3 is 2.58 bits per heavy atom. The third-order valence-corrected chi connectivity index (χ3v) is 3.25. The van der Waals surface area contributed by atoms with Gasteiger partial charge in [0, 0.05) is 11.7 Å². The fraction of sp³-hybridized carbons (Fsp3) is 0.500. The van der Waals surface area contributed by atoms with Crippen LogP contribution in [-0.4, -0.2) is 25.6 Å². The maximum atomic E-state index is 11.7. The summed E-state index contributed by atoms with van der Waals surface area (Å²) in [7, 11) is 1.57. The molecule has 19 heavy (non-hydrogen) atoms. The van der Waals surface area contributed by atoms with Gasteiger partial charge < -0.3 is 15.4 Å². The molecule has 1 aromatic carbocycles. The molecular weight excluding hydrogens is 264 g/mol. The van der Waals surface area contributed by atoms with Crippen molar-refractivity contribution < 1.29 is 9.53 Å². The standard InChI is InChI=1S/C14H21ClN2O2/c1-4-10(5-2)17-14(18)9-16-11-6-7-13(19-3)12(15)8-11/h6-8,10,16H,4-5,9H2,1-3H3,(H,17,18). The minimum absolute atomic E-state index is 0.0133. The number of rotatable bonds is 7. The van der Waals surface area contributed by atoms with Crippen molar-refractivity contribution >= 4 is 23.2 Å². The van der Waals surface area contributed by atoms with E-state index >= 15 is 0 Å². The number of amides is 1. The number of halogens is 1. The van der Waals surface area contributed by atoms with Crippen LogP contribution in [0, 0.1) is 0 Å². The fourth-order valence-corrected chi connectivity index (χ4v) is 1.99. The highest BCUT2D eigenvalue weighted by Gasteiger charge is 2.08. The molecular formula is C14H21ClN2O2. The number of anilines is 1. The van der Waals surface area contributed by atoms with Crippen molar-refractivity contribution in [2.24, 2.45) is 0 Å². The van der Waals surface area contributed by atoms with Crippen LogP contribution in [0.1, 0.15) is 26.7 Å². The molecule has 0 heterocycles. The van der Waals surface area contributed by atoms with Crippen molar-refractivity contribution in [3.8, 4) is 5.75 Å². The first-order valence-corrected chi connectivity index (χ1v) is 6.85. The van der Waals surface area contributed by atoms with Gasteiger partial charge in [-0.1, -0.05) is 25.4 Å². The van der Waals surface area contributed by atoms with E-state index in [1.165, 1.54) is 0 Å². The molecule has 2 N–H and O–H groups in total. The number of methoxy groups -OCH3 is 1. The highest BCUT2D eigenvalue weighted by molar-refractivity contribution is 6.32. The van der Waals surface area contributed by atoms with Gasteiger partial charge in [-0.05, 0) is 31.0 Å². The van der Waals surface area contributed by atoms with Crippen LogP contribution in [0.25, 0.3) is 0 Å². The molecule has 0 fully saturated rings. The number of hydrogen-bond acceptors (Lipinski definition) is 3. The maximum absolute atomic E-state index is 11.7. The minimum Gasteiger partial charge on any atom is -0.495 e. The molecule has 106 valence electrons. The molecule has 0 saturated heterocycles. The van der Waals surface area contributed by atoms with Crippen LogP contribution in [0.5, 0.6) is 5.75 Å². The van der Waals surface area contributed by atoms with E-state index in [0.29, 0.717) is 10.8 Å². The average molecular weight is 285 g/mol. The summed E-state index contributed by atoms with van der Waals surface area (Å²) in [4.78, 5) is 11.7. The number of nitrogens with one attached hydrogen (secondary N) is 2. The molecule has 1 amide bonds. The van der Waals surface area contributed by atoms with Crippen LogP contribution in [0.3, 0.4) is 0 Å². The third-order valence-electron chi connectivity index (χ3n) is 2.96. The van der Waals surface area contributed by atoms with E-state index in [0.717, 1.165) is 18.5 Å². The number of hydrogen-bond donors (Lipinski definition) is 2. The van der Waals surface area contributed by atoms with Gasteiger partial charge in [-0.2, -0.15) is 0 Å². The second-order valence-electron chi connectivity index (χ2n) is 4.28. The maximum Gasteiger partial charge on any atom is 0.239 e. The quantitative estimate of drug-likeness (QED) is 0.809. The Bertz CT molecular complexity index is 420. The lowest BCUT2D eigenvalue weighted by Crippen LogP contribution is -2.37. The summed E-state index contributed by atoms with van der Waals surface area (Å²) >= 11 is 6.01. The van der Waals surface area contributed by atoms with E-state index in [2.05, 4.69) is 24.5 Å². The summed E-state index contributed by atoms with van der Waals surface area (Å²) in [6, 6.07) is 5.58. The summed E-state index contributed by atoms with van der Waals surface area (Å²) in [5.41, 5.74) is 0.797. The van der Waals surface area contributed by atoms with E-state index in [-0.39, 0.29) is 18.5 Å². The van der Waals surface area contributed by atoms with Gasteiger partial charge >= 0.3 is 0 Å². The number of carbonyl (C=O) groups is 1. The van der Waals surface area contributed by atoms with E-state index in [4.69, 9.17) is 16.3 Å². The summed E-state index contributed by atoms with van der Waals surface area (Å²) in [5, 5.41) is 6.52. The van der Waals surface area contributed by atoms with Crippen LogP contribution < -0.4 is 15.4 Å². The summed E-state index contributed by atoms with van der Waals surface area (Å²) in [5.74, 6) is 0.606. The first-order valence-electron chi connectivity index (χ1n) is 6.47. The van der Waals surface area contributed by atoms with Crippen LogP contribution in [0.4, 0.5) is 5.69 Å². The molecule has 0 aliphatic carbocycles. The van der Waals surface area contributed by atoms with E-state index < -0.39 is 0 Å². The smallest absolute Gasteiger partial charge is 0.239 e. The predicted molar refractivity (Wildman–Crippen MR) is 79.0 cm³/mol. The van der Waals surface area contributed by atoms with Gasteiger partial charge in [-0.15, -0.1) is 0 Å². The molecule has 1 aromatic rings. The van der Waals surface area contributed by atoms with Gasteiger partial charge in [0.05, 0.1) is 18.7 Å².